The van der Waals surface area contributed by atoms with Gasteiger partial charge in [0.1, 0.15) is 36.3 Å². The Morgan fingerprint density at radius 1 is 1.07 bits per heavy atom. The van der Waals surface area contributed by atoms with Crippen molar-refractivity contribution in [2.45, 2.75) is 57.3 Å². The summed E-state index contributed by atoms with van der Waals surface area (Å²) in [6, 6.07) is 0. The Balaban J connectivity index is 1.49. The average Bonchev–Trinajstić information content (AvgIpc) is 3.63. The Kier molecular flexibility index (Phi) is 17.0. The lowest BCUT2D eigenvalue weighted by molar-refractivity contribution is -0.137. The molecule has 2 aromatic heterocycles. The molecule has 2 aromatic rings. The van der Waals surface area contributed by atoms with E-state index in [1.54, 1.807) is 0 Å². The second-order valence-electron chi connectivity index (χ2n) is 12.1. The molecule has 1 fully saturated rings. The van der Waals surface area contributed by atoms with E-state index >= 15 is 0 Å². The lowest BCUT2D eigenvalue weighted by atomic mass is 9.87. The van der Waals surface area contributed by atoms with Gasteiger partial charge in [-0.1, -0.05) is 25.6 Å². The maximum Gasteiger partial charge on any atom is 0.481 e. The van der Waals surface area contributed by atoms with Crippen LogP contribution in [-0.4, -0.2) is 137 Å². The van der Waals surface area contributed by atoms with E-state index in [2.05, 4.69) is 34.4 Å². The molecule has 0 saturated carbocycles. The Hall–Kier alpha value is -2.33. The Morgan fingerprint density at radius 3 is 2.40 bits per heavy atom. The van der Waals surface area contributed by atoms with Crippen molar-refractivity contribution in [1.29, 1.82) is 0 Å². The van der Waals surface area contributed by atoms with Crippen LogP contribution in [0.5, 0.6) is 0 Å². The van der Waals surface area contributed by atoms with E-state index < -0.39 is 95.6 Å². The third-order valence-electron chi connectivity index (χ3n) is 7.25. The van der Waals surface area contributed by atoms with Gasteiger partial charge in [0.05, 0.1) is 25.3 Å². The Morgan fingerprint density at radius 2 is 1.75 bits per heavy atom. The van der Waals surface area contributed by atoms with Crippen LogP contribution in [0.15, 0.2) is 12.7 Å². The summed E-state index contributed by atoms with van der Waals surface area (Å²) in [4.78, 5) is 86.9. The van der Waals surface area contributed by atoms with Gasteiger partial charge in [-0.3, -0.25) is 32.5 Å². The lowest BCUT2D eigenvalue weighted by Crippen LogP contribution is -2.46. The Bertz CT molecular complexity index is 1850. The molecule has 1 aliphatic rings. The summed E-state index contributed by atoms with van der Waals surface area (Å²) in [5.74, 6) is -1.58. The van der Waals surface area contributed by atoms with Gasteiger partial charge in [0.25, 0.3) is 0 Å². The number of phosphoric ester groups is 3. The minimum atomic E-state index is -5.58. The molecule has 31 heteroatoms. The molecule has 3 rings (SSSR count). The van der Waals surface area contributed by atoms with Gasteiger partial charge >= 0.3 is 23.5 Å². The number of hydrogen-bond donors (Lipinski definition) is 10. The number of aliphatic hydroxyl groups is 2. The van der Waals surface area contributed by atoms with Crippen LogP contribution in [0.25, 0.3) is 11.2 Å². The molecule has 3 heterocycles. The van der Waals surface area contributed by atoms with E-state index in [0.29, 0.717) is 0 Å². The summed E-state index contributed by atoms with van der Waals surface area (Å²) in [5.41, 5.74) is 4.20. The fourth-order valence-electron chi connectivity index (χ4n) is 4.54. The summed E-state index contributed by atoms with van der Waals surface area (Å²) < 4.78 is 81.2. The van der Waals surface area contributed by atoms with Gasteiger partial charge < -0.3 is 55.4 Å². The SMILES string of the molecule is CC(C)(COP(=O)(O)OP(=O)(O)OC[C@H]1O[C@@H](n2cnc3c(N)ncnc32)[C@H](O)[C@@H]1OP(=O)(O)O)[C@@H](O)C(=O)NCCC(=O)NCCSC(=O)CCS(=O)O. The number of amides is 2. The highest BCUT2D eigenvalue weighted by atomic mass is 32.2. The third-order valence-corrected chi connectivity index (χ3v) is 11.8. The zero-order valence-corrected chi connectivity index (χ0v) is 33.1. The van der Waals surface area contributed by atoms with Gasteiger partial charge in [-0.15, -0.1) is 0 Å². The van der Waals surface area contributed by atoms with Crippen molar-refractivity contribution >= 4 is 80.2 Å². The number of thioether (sulfide) groups is 1. The summed E-state index contributed by atoms with van der Waals surface area (Å²) >= 11 is -1.23. The smallest absolute Gasteiger partial charge is 0.386 e. The molecule has 1 aliphatic heterocycles. The summed E-state index contributed by atoms with van der Waals surface area (Å²) in [6.45, 7) is 0.232. The van der Waals surface area contributed by atoms with Crippen molar-refractivity contribution in [3.05, 3.63) is 12.7 Å². The quantitative estimate of drug-likeness (QED) is 0.0357. The number of fused-ring (bicyclic) bond motifs is 1. The fourth-order valence-corrected chi connectivity index (χ4v) is 8.53. The summed E-state index contributed by atoms with van der Waals surface area (Å²) in [5, 5.41) is 25.8. The van der Waals surface area contributed by atoms with Gasteiger partial charge in [-0.05, 0) is 0 Å². The van der Waals surface area contributed by atoms with Crippen LogP contribution in [0.3, 0.4) is 0 Å². The number of aliphatic hydroxyl groups excluding tert-OH is 2. The second-order valence-corrected chi connectivity index (χ2v) is 18.5. The molecule has 55 heavy (non-hydrogen) atoms. The number of rotatable bonds is 22. The average molecular weight is 888 g/mol. The molecule has 1 saturated heterocycles. The van der Waals surface area contributed by atoms with E-state index in [4.69, 9.17) is 24.1 Å². The predicted molar refractivity (Wildman–Crippen MR) is 187 cm³/mol. The highest BCUT2D eigenvalue weighted by Gasteiger charge is 2.50. The first-order chi connectivity index (χ1) is 25.4. The topological polar surface area (TPSA) is 401 Å². The van der Waals surface area contributed by atoms with Gasteiger partial charge in [-0.2, -0.15) is 4.31 Å². The van der Waals surface area contributed by atoms with Crippen molar-refractivity contribution < 1.29 is 89.2 Å². The minimum Gasteiger partial charge on any atom is -0.386 e. The molecule has 26 nitrogen and oxygen atoms in total. The van der Waals surface area contributed by atoms with Crippen molar-refractivity contribution in [3.8, 4) is 0 Å². The van der Waals surface area contributed by atoms with Crippen molar-refractivity contribution in [2.75, 3.05) is 43.5 Å². The van der Waals surface area contributed by atoms with Crippen LogP contribution < -0.4 is 16.4 Å². The highest BCUT2D eigenvalue weighted by Crippen LogP contribution is 2.61. The molecule has 11 N–H and O–H groups in total. The van der Waals surface area contributed by atoms with E-state index in [1.807, 2.05) is 0 Å². The van der Waals surface area contributed by atoms with E-state index in [1.165, 1.54) is 13.8 Å². The number of nitrogen functional groups attached to an aromatic ring is 1. The van der Waals surface area contributed by atoms with Crippen LogP contribution >= 0.6 is 35.2 Å². The van der Waals surface area contributed by atoms with Gasteiger partial charge in [0.2, 0.25) is 11.8 Å². The first-order valence-corrected chi connectivity index (χ1v) is 22.3. The molecule has 0 bridgehead atoms. The maximum absolute atomic E-state index is 12.6. The number of nitrogens with zero attached hydrogens (tertiary/aromatic N) is 4. The molecule has 0 radical (unpaired) electrons. The minimum absolute atomic E-state index is 0.0203. The van der Waals surface area contributed by atoms with Gasteiger partial charge in [0, 0.05) is 37.1 Å². The maximum atomic E-state index is 12.6. The zero-order valence-electron chi connectivity index (χ0n) is 28.8. The van der Waals surface area contributed by atoms with Gasteiger partial charge in [-0.25, -0.2) is 32.9 Å². The number of carbonyl (C=O) groups is 3. The first kappa shape index (κ1) is 47.0. The number of anilines is 1. The molecule has 0 aromatic carbocycles. The molecule has 2 amide bonds. The van der Waals surface area contributed by atoms with E-state index in [-0.39, 0.29) is 59.5 Å². The molecule has 3 unspecified atom stereocenters. The monoisotopic (exact) mass is 887 g/mol. The molecule has 312 valence electrons. The van der Waals surface area contributed by atoms with Crippen LogP contribution in [0, 0.1) is 5.41 Å². The van der Waals surface area contributed by atoms with Crippen LogP contribution in [0.4, 0.5) is 5.82 Å². The van der Waals surface area contributed by atoms with Crippen molar-refractivity contribution in [1.82, 2.24) is 30.2 Å². The lowest BCUT2D eigenvalue weighted by Gasteiger charge is -2.30. The van der Waals surface area contributed by atoms with Crippen molar-refractivity contribution in [2.24, 2.45) is 5.41 Å². The number of nitrogens with two attached hydrogens (primary N) is 1. The molecular weight excluding hydrogens is 847 g/mol. The third kappa shape index (κ3) is 14.8. The summed E-state index contributed by atoms with van der Waals surface area (Å²) in [7, 11) is -16.4. The van der Waals surface area contributed by atoms with Crippen LogP contribution in [-0.2, 0) is 61.8 Å². The van der Waals surface area contributed by atoms with E-state index in [9.17, 15) is 62.1 Å². The fraction of sp³-hybridized carbons (Fsp3) is 0.667. The first-order valence-electron chi connectivity index (χ1n) is 15.5. The normalized spacial score (nSPS) is 22.4. The number of ether oxygens (including phenoxy) is 1. The number of imidazole rings is 1. The molecular formula is C24H40N7O19P3S2. The van der Waals surface area contributed by atoms with Crippen LogP contribution in [0.2, 0.25) is 0 Å². The number of phosphoric acid groups is 3. The number of carbonyl (C=O) groups excluding carboxylic acids is 3. The molecule has 0 spiro atoms. The van der Waals surface area contributed by atoms with Gasteiger partial charge in [0.15, 0.2) is 33.9 Å². The number of hydrogen-bond acceptors (Lipinski definition) is 19. The number of nitrogens with one attached hydrogen (secondary N) is 2. The zero-order chi connectivity index (χ0) is 41.4. The standard InChI is InChI=1S/C24H40N7O19P3S2/c1-24(2,19(35)22(36)27-5-3-14(32)26-6-7-54-15(33)4-8-55(44)45)10-47-53(42,43)50-52(40,41)46-9-13-18(49-51(37,38)39)17(34)23(48-13)31-12-30-16-20(25)28-11-29-21(16)31/h11-13,17-19,23,34-35H,3-10H2,1-2H3,(H,26,32)(H,27,36)(H,40,41)(H,42,43)(H,44,45)(H2,25,28,29)(H2,37,38,39)/t13-,17-,18-,19+,23-/m1/s1. The predicted octanol–water partition coefficient (Wildman–Crippen LogP) is -1.72. The molecule has 8 atom stereocenters. The Labute approximate surface area is 318 Å². The largest absolute Gasteiger partial charge is 0.481 e. The molecule has 0 aliphatic carbocycles. The summed E-state index contributed by atoms with van der Waals surface area (Å²) in [6.07, 6.45) is -7.18. The van der Waals surface area contributed by atoms with E-state index in [0.717, 1.165) is 29.0 Å². The highest BCUT2D eigenvalue weighted by molar-refractivity contribution is 8.13. The van der Waals surface area contributed by atoms with Crippen LogP contribution in [0.1, 0.15) is 32.9 Å². The number of aromatic nitrogens is 4. The van der Waals surface area contributed by atoms with Crippen molar-refractivity contribution in [3.63, 3.8) is 0 Å². The second kappa shape index (κ2) is 19.9.